The third kappa shape index (κ3) is 4.75. The molecule has 1 aliphatic heterocycles. The van der Waals surface area contributed by atoms with Crippen LogP contribution < -0.4 is 16.4 Å². The monoisotopic (exact) mass is 430 g/mol. The van der Waals surface area contributed by atoms with Crippen LogP contribution in [0.15, 0.2) is 30.3 Å². The van der Waals surface area contributed by atoms with Crippen molar-refractivity contribution < 1.29 is 22.8 Å². The number of hydrogen-bond acceptors (Lipinski definition) is 6. The average Bonchev–Trinajstić information content (AvgIpc) is 3.03. The molecule has 2 aromatic rings. The highest BCUT2D eigenvalue weighted by Crippen LogP contribution is 2.32. The molecule has 0 bridgehead atoms. The number of carbonyl (C=O) groups is 2. The Morgan fingerprint density at radius 1 is 1.35 bits per heavy atom. The van der Waals surface area contributed by atoms with Crippen molar-refractivity contribution in [2.24, 2.45) is 0 Å². The van der Waals surface area contributed by atoms with Crippen LogP contribution >= 0.6 is 0 Å². The Bertz CT molecular complexity index is 1110. The van der Waals surface area contributed by atoms with E-state index in [2.05, 4.69) is 5.32 Å². The topological polar surface area (TPSA) is 135 Å². The van der Waals surface area contributed by atoms with Gasteiger partial charge in [-0.05, 0) is 23.8 Å². The molecule has 0 saturated heterocycles. The van der Waals surface area contributed by atoms with Crippen molar-refractivity contribution in [2.45, 2.75) is 12.7 Å². The molecule has 0 atom stereocenters. The number of nitrogens with one attached hydrogen (secondary N) is 3. The van der Waals surface area contributed by atoms with E-state index in [1.807, 2.05) is 6.07 Å². The summed E-state index contributed by atoms with van der Waals surface area (Å²) in [5.74, 6) is -1.43. The number of hydrogen-bond donors (Lipinski definition) is 4. The molecule has 0 unspecified atom stereocenters. The zero-order valence-electron chi connectivity index (χ0n) is 16.0. The zero-order valence-corrected chi connectivity index (χ0v) is 16.0. The van der Waals surface area contributed by atoms with Crippen molar-refractivity contribution in [1.29, 1.82) is 10.7 Å². The van der Waals surface area contributed by atoms with Crippen LogP contribution in [0.5, 0.6) is 0 Å². The molecule has 0 saturated carbocycles. The molecule has 31 heavy (non-hydrogen) atoms. The lowest BCUT2D eigenvalue weighted by Gasteiger charge is -2.16. The number of nitriles is 1. The third-order valence-corrected chi connectivity index (χ3v) is 4.60. The maximum Gasteiger partial charge on any atom is 0.405 e. The highest BCUT2D eigenvalue weighted by Gasteiger charge is 2.33. The summed E-state index contributed by atoms with van der Waals surface area (Å²) in [4.78, 5) is 25.8. The van der Waals surface area contributed by atoms with E-state index >= 15 is 0 Å². The van der Waals surface area contributed by atoms with E-state index in [1.54, 1.807) is 29.6 Å². The van der Waals surface area contributed by atoms with E-state index in [4.69, 9.17) is 11.1 Å². The number of amides is 2. The zero-order chi connectivity index (χ0) is 22.8. The lowest BCUT2D eigenvalue weighted by molar-refractivity contribution is -0.138. The van der Waals surface area contributed by atoms with Gasteiger partial charge in [-0.2, -0.15) is 18.4 Å². The number of nitrogen functional groups attached to an aromatic ring is 1. The Hall–Kier alpha value is -4.07. The first-order chi connectivity index (χ1) is 14.6. The van der Waals surface area contributed by atoms with Crippen molar-refractivity contribution >= 4 is 35.1 Å². The van der Waals surface area contributed by atoms with Gasteiger partial charge in [0.15, 0.2) is 0 Å². The average molecular weight is 430 g/mol. The van der Waals surface area contributed by atoms with Crippen LogP contribution in [0, 0.1) is 16.7 Å². The van der Waals surface area contributed by atoms with Gasteiger partial charge in [-0.1, -0.05) is 12.1 Å². The number of rotatable bonds is 6. The van der Waals surface area contributed by atoms with Gasteiger partial charge in [0, 0.05) is 24.0 Å². The molecule has 11 heteroatoms. The van der Waals surface area contributed by atoms with E-state index in [-0.39, 0.29) is 23.4 Å². The Balaban J connectivity index is 1.81. The van der Waals surface area contributed by atoms with Crippen molar-refractivity contribution in [1.82, 2.24) is 10.2 Å². The van der Waals surface area contributed by atoms with E-state index in [0.29, 0.717) is 22.5 Å². The van der Waals surface area contributed by atoms with Gasteiger partial charge >= 0.3 is 6.18 Å². The molecule has 2 aromatic carbocycles. The van der Waals surface area contributed by atoms with Gasteiger partial charge in [0.1, 0.15) is 19.2 Å². The smallest absolute Gasteiger partial charge is 0.397 e. The summed E-state index contributed by atoms with van der Waals surface area (Å²) in [6.07, 6.45) is -3.54. The van der Waals surface area contributed by atoms with Crippen LogP contribution in [0.25, 0.3) is 0 Å². The molecule has 0 spiro atoms. The molecule has 0 radical (unpaired) electrons. The third-order valence-electron chi connectivity index (χ3n) is 4.60. The van der Waals surface area contributed by atoms with Gasteiger partial charge in [0.05, 0.1) is 22.5 Å². The molecule has 5 N–H and O–H groups in total. The van der Waals surface area contributed by atoms with Crippen molar-refractivity contribution in [2.75, 3.05) is 24.1 Å². The van der Waals surface area contributed by atoms with E-state index in [9.17, 15) is 28.0 Å². The van der Waals surface area contributed by atoms with Crippen LogP contribution in [0.2, 0.25) is 0 Å². The molecule has 2 amide bonds. The minimum atomic E-state index is -4.54. The van der Waals surface area contributed by atoms with Gasteiger partial charge in [-0.3, -0.25) is 9.59 Å². The summed E-state index contributed by atoms with van der Waals surface area (Å²) >= 11 is 0. The Kier molecular flexibility index (Phi) is 5.83. The first-order valence-electron chi connectivity index (χ1n) is 8.98. The summed E-state index contributed by atoms with van der Waals surface area (Å²) in [7, 11) is 0. The van der Waals surface area contributed by atoms with Crippen LogP contribution in [-0.4, -0.2) is 42.2 Å². The number of benzene rings is 2. The minimum Gasteiger partial charge on any atom is -0.397 e. The quantitative estimate of drug-likeness (QED) is 0.413. The molecule has 8 nitrogen and oxygen atoms in total. The summed E-state index contributed by atoms with van der Waals surface area (Å²) < 4.78 is 36.8. The number of anilines is 3. The Morgan fingerprint density at radius 2 is 2.10 bits per heavy atom. The van der Waals surface area contributed by atoms with Crippen LogP contribution in [-0.2, 0) is 11.3 Å². The summed E-state index contributed by atoms with van der Waals surface area (Å²) in [6, 6.07) is 9.95. The molecular formula is C20H17F3N6O2. The van der Waals surface area contributed by atoms with Crippen LogP contribution in [0.3, 0.4) is 0 Å². The van der Waals surface area contributed by atoms with Gasteiger partial charge in [-0.15, -0.1) is 0 Å². The maximum atomic E-state index is 12.8. The molecule has 0 aliphatic carbocycles. The van der Waals surface area contributed by atoms with Crippen molar-refractivity contribution in [3.63, 3.8) is 0 Å². The van der Waals surface area contributed by atoms with Crippen molar-refractivity contribution in [3.05, 3.63) is 52.6 Å². The van der Waals surface area contributed by atoms with Crippen LogP contribution in [0.1, 0.15) is 27.0 Å². The fourth-order valence-corrected chi connectivity index (χ4v) is 3.20. The second kappa shape index (κ2) is 8.35. The Morgan fingerprint density at radius 3 is 2.74 bits per heavy atom. The normalized spacial score (nSPS) is 12.8. The predicted octanol–water partition coefficient (Wildman–Crippen LogP) is 2.52. The van der Waals surface area contributed by atoms with E-state index in [1.165, 1.54) is 6.07 Å². The summed E-state index contributed by atoms with van der Waals surface area (Å²) in [5.41, 5.74) is 8.16. The fraction of sp³-hybridized carbons (Fsp3) is 0.200. The summed E-state index contributed by atoms with van der Waals surface area (Å²) in [6.45, 7) is -1.91. The Labute approximate surface area is 174 Å². The van der Waals surface area contributed by atoms with Gasteiger partial charge in [0.2, 0.25) is 5.91 Å². The molecule has 3 rings (SSSR count). The SMILES string of the molecule is N#Cc1cc(Nc2cccc3c2C(=O)N(CC(=O)NCC(F)(F)F)C3)cc(C=N)c1N. The number of nitrogens with two attached hydrogens (primary N) is 1. The molecule has 1 aliphatic rings. The summed E-state index contributed by atoms with van der Waals surface area (Å²) in [5, 5.41) is 21.4. The molecular weight excluding hydrogens is 413 g/mol. The number of alkyl halides is 3. The van der Waals surface area contributed by atoms with Gasteiger partial charge < -0.3 is 26.7 Å². The maximum absolute atomic E-state index is 12.8. The predicted molar refractivity (Wildman–Crippen MR) is 107 cm³/mol. The van der Waals surface area contributed by atoms with Crippen LogP contribution in [0.4, 0.5) is 30.2 Å². The number of halogens is 3. The number of carbonyl (C=O) groups excluding carboxylic acids is 2. The second-order valence-electron chi connectivity index (χ2n) is 6.80. The number of nitrogens with zero attached hydrogens (tertiary/aromatic N) is 2. The van der Waals surface area contributed by atoms with Gasteiger partial charge in [0.25, 0.3) is 5.91 Å². The highest BCUT2D eigenvalue weighted by molar-refractivity contribution is 6.05. The standard InChI is InChI=1S/C20H17F3N6O2/c21-20(22,23)10-27-16(30)9-29-8-11-2-1-3-15(17(11)19(29)31)28-14-4-12(6-24)18(26)13(5-14)7-25/h1-6,24,28H,8-10,26H2,(H,27,30). The van der Waals surface area contributed by atoms with Crippen molar-refractivity contribution in [3.8, 4) is 6.07 Å². The number of fused-ring (bicyclic) bond motifs is 1. The first-order valence-corrected chi connectivity index (χ1v) is 8.98. The first kappa shape index (κ1) is 21.6. The largest absolute Gasteiger partial charge is 0.405 e. The molecule has 1 heterocycles. The van der Waals surface area contributed by atoms with E-state index < -0.39 is 31.1 Å². The fourth-order valence-electron chi connectivity index (χ4n) is 3.20. The minimum absolute atomic E-state index is 0.0695. The second-order valence-corrected chi connectivity index (χ2v) is 6.80. The lowest BCUT2D eigenvalue weighted by Crippen LogP contribution is -2.41. The molecule has 160 valence electrons. The van der Waals surface area contributed by atoms with Gasteiger partial charge in [-0.25, -0.2) is 0 Å². The lowest BCUT2D eigenvalue weighted by atomic mass is 10.1. The highest BCUT2D eigenvalue weighted by atomic mass is 19.4. The molecule has 0 aromatic heterocycles. The molecule has 0 fully saturated rings. The van der Waals surface area contributed by atoms with E-state index in [0.717, 1.165) is 11.1 Å².